The highest BCUT2D eigenvalue weighted by Crippen LogP contribution is 2.19. The molecule has 2 N–H and O–H groups in total. The highest BCUT2D eigenvalue weighted by atomic mass is 16.5. The normalized spacial score (nSPS) is 20.6. The van der Waals surface area contributed by atoms with E-state index in [1.165, 1.54) is 25.7 Å². The van der Waals surface area contributed by atoms with Gasteiger partial charge in [0.25, 0.3) is 0 Å². The number of rotatable bonds is 7. The minimum absolute atomic E-state index is 0.262. The Balaban J connectivity index is 1.49. The third-order valence-electron chi connectivity index (χ3n) is 5.26. The van der Waals surface area contributed by atoms with E-state index < -0.39 is 0 Å². The summed E-state index contributed by atoms with van der Waals surface area (Å²) in [6.45, 7) is 9.20. The molecule has 3 rings (SSSR count). The molecule has 154 valence electrons. The van der Waals surface area contributed by atoms with Crippen molar-refractivity contribution in [3.8, 4) is 0 Å². The van der Waals surface area contributed by atoms with E-state index in [0.717, 1.165) is 56.5 Å². The van der Waals surface area contributed by atoms with Crippen LogP contribution in [0.25, 0.3) is 0 Å². The number of pyridine rings is 1. The topological polar surface area (TPSA) is 61.8 Å². The summed E-state index contributed by atoms with van der Waals surface area (Å²) >= 11 is 0. The Morgan fingerprint density at radius 2 is 2.25 bits per heavy atom. The van der Waals surface area contributed by atoms with Crippen molar-refractivity contribution in [1.29, 1.82) is 0 Å². The minimum Gasteiger partial charge on any atom is -0.375 e. The molecule has 1 aliphatic carbocycles. The minimum atomic E-state index is 0.262. The zero-order chi connectivity index (χ0) is 19.6. The van der Waals surface area contributed by atoms with Crippen LogP contribution in [-0.2, 0) is 11.3 Å². The summed E-state index contributed by atoms with van der Waals surface area (Å²) in [5.74, 6) is 1.90. The lowest BCUT2D eigenvalue weighted by Gasteiger charge is -2.32. The first-order valence-corrected chi connectivity index (χ1v) is 10.8. The highest BCUT2D eigenvalue weighted by Gasteiger charge is 2.17. The predicted octanol–water partition coefficient (Wildman–Crippen LogP) is 3.25. The van der Waals surface area contributed by atoms with Crippen molar-refractivity contribution in [2.75, 3.05) is 37.7 Å². The molecule has 6 heteroatoms. The number of allylic oxidation sites excluding steroid dienone is 1. The highest BCUT2D eigenvalue weighted by molar-refractivity contribution is 5.79. The molecule has 1 aliphatic heterocycles. The monoisotopic (exact) mass is 385 g/mol. The Morgan fingerprint density at radius 1 is 1.32 bits per heavy atom. The Morgan fingerprint density at radius 3 is 2.96 bits per heavy atom. The van der Waals surface area contributed by atoms with Crippen molar-refractivity contribution in [2.45, 2.75) is 58.6 Å². The molecular formula is C22H35N5O. The zero-order valence-electron chi connectivity index (χ0n) is 17.4. The van der Waals surface area contributed by atoms with Gasteiger partial charge >= 0.3 is 0 Å². The molecule has 0 bridgehead atoms. The summed E-state index contributed by atoms with van der Waals surface area (Å²) in [5, 5.41) is 6.80. The van der Waals surface area contributed by atoms with E-state index in [9.17, 15) is 0 Å². The summed E-state index contributed by atoms with van der Waals surface area (Å²) < 4.78 is 5.61. The lowest BCUT2D eigenvalue weighted by molar-refractivity contribution is 0.0529. The van der Waals surface area contributed by atoms with E-state index in [-0.39, 0.29) is 6.10 Å². The Labute approximate surface area is 169 Å². The second kappa shape index (κ2) is 11.1. The largest absolute Gasteiger partial charge is 0.375 e. The number of hydrogen-bond donors (Lipinski definition) is 2. The molecule has 1 aromatic heterocycles. The second-order valence-corrected chi connectivity index (χ2v) is 7.63. The van der Waals surface area contributed by atoms with Gasteiger partial charge < -0.3 is 20.3 Å². The average Bonchev–Trinajstić information content (AvgIpc) is 2.73. The van der Waals surface area contributed by atoms with Gasteiger partial charge in [-0.3, -0.25) is 0 Å². The van der Waals surface area contributed by atoms with Gasteiger partial charge in [0.15, 0.2) is 5.96 Å². The van der Waals surface area contributed by atoms with Crippen LogP contribution in [0.5, 0.6) is 0 Å². The van der Waals surface area contributed by atoms with Crippen molar-refractivity contribution in [2.24, 2.45) is 4.99 Å². The molecule has 1 aromatic rings. The van der Waals surface area contributed by atoms with Crippen LogP contribution in [0.15, 0.2) is 35.0 Å². The maximum Gasteiger partial charge on any atom is 0.191 e. The van der Waals surface area contributed by atoms with E-state index in [4.69, 9.17) is 9.73 Å². The molecule has 1 unspecified atom stereocenters. The van der Waals surface area contributed by atoms with Crippen LogP contribution in [-0.4, -0.2) is 49.8 Å². The number of aromatic nitrogens is 1. The number of anilines is 1. The number of aliphatic imine (C=N–C) groups is 1. The van der Waals surface area contributed by atoms with Gasteiger partial charge in [-0.05, 0) is 57.6 Å². The summed E-state index contributed by atoms with van der Waals surface area (Å²) in [6.07, 6.45) is 10.9. The molecule has 2 aliphatic rings. The number of hydrogen-bond acceptors (Lipinski definition) is 4. The van der Waals surface area contributed by atoms with Gasteiger partial charge in [0.05, 0.1) is 19.3 Å². The van der Waals surface area contributed by atoms with Crippen molar-refractivity contribution < 1.29 is 4.74 Å². The Hall–Kier alpha value is -2.08. The van der Waals surface area contributed by atoms with E-state index >= 15 is 0 Å². The lowest BCUT2D eigenvalue weighted by atomic mass is 9.97. The molecule has 1 fully saturated rings. The van der Waals surface area contributed by atoms with Gasteiger partial charge in [0, 0.05) is 32.4 Å². The van der Waals surface area contributed by atoms with Crippen LogP contribution >= 0.6 is 0 Å². The van der Waals surface area contributed by atoms with Crippen LogP contribution < -0.4 is 15.5 Å². The van der Waals surface area contributed by atoms with Gasteiger partial charge in [-0.2, -0.15) is 0 Å². The third kappa shape index (κ3) is 6.51. The Kier molecular flexibility index (Phi) is 8.15. The molecule has 1 saturated heterocycles. The van der Waals surface area contributed by atoms with Crippen molar-refractivity contribution in [3.63, 3.8) is 0 Å². The van der Waals surface area contributed by atoms with Gasteiger partial charge in [-0.15, -0.1) is 0 Å². The SMILES string of the molecule is CCNC(=NCc1ccc(N2CCOC(C)C2)nc1)NCCC1=CCCCC1. The Bertz CT molecular complexity index is 655. The quantitative estimate of drug-likeness (QED) is 0.429. The van der Waals surface area contributed by atoms with Crippen molar-refractivity contribution >= 4 is 11.8 Å². The third-order valence-corrected chi connectivity index (χ3v) is 5.26. The van der Waals surface area contributed by atoms with Crippen LogP contribution in [0, 0.1) is 0 Å². The molecule has 1 atom stereocenters. The smallest absolute Gasteiger partial charge is 0.191 e. The predicted molar refractivity (Wildman–Crippen MR) is 116 cm³/mol. The molecule has 6 nitrogen and oxygen atoms in total. The average molecular weight is 386 g/mol. The fourth-order valence-corrected chi connectivity index (χ4v) is 3.71. The van der Waals surface area contributed by atoms with Crippen LogP contribution in [0.1, 0.15) is 51.5 Å². The molecule has 0 amide bonds. The van der Waals surface area contributed by atoms with Crippen molar-refractivity contribution in [1.82, 2.24) is 15.6 Å². The molecule has 2 heterocycles. The molecule has 28 heavy (non-hydrogen) atoms. The second-order valence-electron chi connectivity index (χ2n) is 7.63. The fraction of sp³-hybridized carbons (Fsp3) is 0.636. The van der Waals surface area contributed by atoms with Crippen LogP contribution in [0.3, 0.4) is 0 Å². The summed E-state index contributed by atoms with van der Waals surface area (Å²) in [6, 6.07) is 4.22. The van der Waals surface area contributed by atoms with Crippen molar-refractivity contribution in [3.05, 3.63) is 35.5 Å². The number of nitrogens with zero attached hydrogens (tertiary/aromatic N) is 3. The molecule has 0 spiro atoms. The molecule has 0 radical (unpaired) electrons. The van der Waals surface area contributed by atoms with Gasteiger partial charge in [0.2, 0.25) is 0 Å². The molecule has 0 aromatic carbocycles. The first kappa shape index (κ1) is 20.6. The summed E-state index contributed by atoms with van der Waals surface area (Å²) in [4.78, 5) is 11.6. The standard InChI is InChI=1S/C22H35N5O/c1-3-23-22(24-12-11-19-7-5-4-6-8-19)26-16-20-9-10-21(25-15-20)27-13-14-28-18(2)17-27/h7,9-10,15,18H,3-6,8,11-14,16-17H2,1-2H3,(H2,23,24,26). The number of nitrogens with one attached hydrogen (secondary N) is 2. The fourth-order valence-electron chi connectivity index (χ4n) is 3.71. The number of ether oxygens (including phenoxy) is 1. The maximum atomic E-state index is 5.61. The summed E-state index contributed by atoms with van der Waals surface area (Å²) in [5.41, 5.74) is 2.71. The van der Waals surface area contributed by atoms with E-state index in [0.29, 0.717) is 6.54 Å². The van der Waals surface area contributed by atoms with Crippen LogP contribution in [0.4, 0.5) is 5.82 Å². The first-order valence-electron chi connectivity index (χ1n) is 10.8. The first-order chi connectivity index (χ1) is 13.7. The van der Waals surface area contributed by atoms with E-state index in [1.54, 1.807) is 5.57 Å². The summed E-state index contributed by atoms with van der Waals surface area (Å²) in [7, 11) is 0. The van der Waals surface area contributed by atoms with Gasteiger partial charge in [-0.25, -0.2) is 9.98 Å². The number of guanidine groups is 1. The van der Waals surface area contributed by atoms with E-state index in [2.05, 4.69) is 52.6 Å². The van der Waals surface area contributed by atoms with Gasteiger partial charge in [0.1, 0.15) is 5.82 Å². The molecular weight excluding hydrogens is 350 g/mol. The lowest BCUT2D eigenvalue weighted by Crippen LogP contribution is -2.41. The van der Waals surface area contributed by atoms with Gasteiger partial charge in [-0.1, -0.05) is 17.7 Å². The zero-order valence-corrected chi connectivity index (χ0v) is 17.4. The number of morpholine rings is 1. The van der Waals surface area contributed by atoms with Crippen LogP contribution in [0.2, 0.25) is 0 Å². The van der Waals surface area contributed by atoms with E-state index in [1.807, 2.05) is 6.20 Å². The molecule has 0 saturated carbocycles. The maximum absolute atomic E-state index is 5.61.